The molecular formula is C11H20N2O2. The van der Waals surface area contributed by atoms with Crippen LogP contribution < -0.4 is 11.1 Å². The van der Waals surface area contributed by atoms with Crippen LogP contribution in [0.2, 0.25) is 0 Å². The molecule has 0 heterocycles. The zero-order chi connectivity index (χ0) is 11.3. The predicted molar refractivity (Wildman–Crippen MR) is 59.1 cm³/mol. The fraction of sp³-hybridized carbons (Fsp3) is 0.727. The van der Waals surface area contributed by atoms with Crippen LogP contribution in [0.15, 0.2) is 11.8 Å². The van der Waals surface area contributed by atoms with E-state index < -0.39 is 0 Å². The summed E-state index contributed by atoms with van der Waals surface area (Å²) in [5.74, 6) is -0.383. The molecule has 0 atom stereocenters. The second kappa shape index (κ2) is 5.75. The Bertz CT molecular complexity index is 243. The van der Waals surface area contributed by atoms with E-state index in [-0.39, 0.29) is 5.91 Å². The Kier molecular flexibility index (Phi) is 4.62. The summed E-state index contributed by atoms with van der Waals surface area (Å²) in [6.07, 6.45) is 6.26. The Balaban J connectivity index is 2.38. The topological polar surface area (TPSA) is 64.3 Å². The lowest BCUT2D eigenvalue weighted by atomic mass is 9.93. The number of primary amides is 1. The first-order valence-electron chi connectivity index (χ1n) is 5.42. The van der Waals surface area contributed by atoms with Crippen LogP contribution in [0.5, 0.6) is 0 Å². The molecule has 3 N–H and O–H groups in total. The highest BCUT2D eigenvalue weighted by atomic mass is 16.5. The van der Waals surface area contributed by atoms with E-state index in [0.717, 1.165) is 25.7 Å². The van der Waals surface area contributed by atoms with Crippen molar-refractivity contribution in [2.24, 2.45) is 5.73 Å². The van der Waals surface area contributed by atoms with Gasteiger partial charge in [0, 0.05) is 13.2 Å². The predicted octanol–water partition coefficient (Wildman–Crippen LogP) is 0.923. The third kappa shape index (κ3) is 3.55. The minimum atomic E-state index is -0.383. The van der Waals surface area contributed by atoms with Gasteiger partial charge in [0.25, 0.3) is 5.91 Å². The number of rotatable bonds is 4. The molecule has 0 aliphatic heterocycles. The van der Waals surface area contributed by atoms with Gasteiger partial charge in [0.05, 0.1) is 11.8 Å². The molecule has 1 aliphatic carbocycles. The number of carbonyl (C=O) groups is 1. The lowest BCUT2D eigenvalue weighted by molar-refractivity contribution is -0.115. The van der Waals surface area contributed by atoms with Gasteiger partial charge in [-0.3, -0.25) is 4.79 Å². The van der Waals surface area contributed by atoms with Gasteiger partial charge in [-0.05, 0) is 32.6 Å². The van der Waals surface area contributed by atoms with Crippen molar-refractivity contribution in [2.45, 2.75) is 44.8 Å². The monoisotopic (exact) mass is 212 g/mol. The van der Waals surface area contributed by atoms with Crippen molar-refractivity contribution < 1.29 is 9.53 Å². The zero-order valence-corrected chi connectivity index (χ0v) is 9.45. The van der Waals surface area contributed by atoms with Crippen LogP contribution in [-0.2, 0) is 9.53 Å². The zero-order valence-electron chi connectivity index (χ0n) is 9.45. The molecule has 0 aromatic carbocycles. The third-order valence-electron chi connectivity index (χ3n) is 2.92. The summed E-state index contributed by atoms with van der Waals surface area (Å²) in [5, 5.41) is 3.18. The first-order valence-corrected chi connectivity index (χ1v) is 5.42. The fourth-order valence-electron chi connectivity index (χ4n) is 1.96. The smallest absolute Gasteiger partial charge is 0.264 e. The number of nitrogens with two attached hydrogens (primary N) is 1. The van der Waals surface area contributed by atoms with Crippen molar-refractivity contribution in [3.63, 3.8) is 0 Å². The maximum absolute atomic E-state index is 11.0. The summed E-state index contributed by atoms with van der Waals surface area (Å²) in [7, 11) is 1.75. The van der Waals surface area contributed by atoms with Crippen molar-refractivity contribution in [2.75, 3.05) is 7.11 Å². The molecule has 86 valence electrons. The first-order chi connectivity index (χ1) is 7.17. The standard InChI is InChI=1S/C11H20N2O2/c1-3-10(11(12)14)13-8-4-6-9(15-2)7-5-8/h3,8-9,13H,4-7H2,1-2H3,(H2,12,14). The molecule has 0 bridgehead atoms. The third-order valence-corrected chi connectivity index (χ3v) is 2.92. The van der Waals surface area contributed by atoms with Crippen LogP contribution in [0.25, 0.3) is 0 Å². The van der Waals surface area contributed by atoms with Crippen LogP contribution in [0.3, 0.4) is 0 Å². The number of amides is 1. The lowest BCUT2D eigenvalue weighted by Gasteiger charge is -2.29. The van der Waals surface area contributed by atoms with Crippen molar-refractivity contribution in [3.05, 3.63) is 11.8 Å². The van der Waals surface area contributed by atoms with Gasteiger partial charge < -0.3 is 15.8 Å². The summed E-state index contributed by atoms with van der Waals surface area (Å²) in [5.41, 5.74) is 5.75. The van der Waals surface area contributed by atoms with E-state index in [9.17, 15) is 4.79 Å². The number of allylic oxidation sites excluding steroid dienone is 1. The van der Waals surface area contributed by atoms with E-state index in [1.54, 1.807) is 13.2 Å². The Morgan fingerprint density at radius 1 is 1.40 bits per heavy atom. The molecule has 0 spiro atoms. The molecule has 1 amide bonds. The molecule has 4 nitrogen and oxygen atoms in total. The SMILES string of the molecule is CC=C(NC1CCC(OC)CC1)C(N)=O. The van der Waals surface area contributed by atoms with Gasteiger partial charge in [0.15, 0.2) is 0 Å². The van der Waals surface area contributed by atoms with Crippen molar-refractivity contribution in [3.8, 4) is 0 Å². The molecule has 1 aliphatic rings. The van der Waals surface area contributed by atoms with Gasteiger partial charge in [0.2, 0.25) is 0 Å². The van der Waals surface area contributed by atoms with E-state index in [4.69, 9.17) is 10.5 Å². The lowest BCUT2D eigenvalue weighted by Crippen LogP contribution is -2.38. The normalized spacial score (nSPS) is 27.5. The molecule has 15 heavy (non-hydrogen) atoms. The molecule has 1 fully saturated rings. The molecule has 0 radical (unpaired) electrons. The maximum atomic E-state index is 11.0. The molecule has 0 unspecified atom stereocenters. The Morgan fingerprint density at radius 2 is 2.00 bits per heavy atom. The van der Waals surface area contributed by atoms with Gasteiger partial charge in [-0.2, -0.15) is 0 Å². The maximum Gasteiger partial charge on any atom is 0.264 e. The molecule has 1 rings (SSSR count). The van der Waals surface area contributed by atoms with E-state index in [2.05, 4.69) is 5.32 Å². The number of ether oxygens (including phenoxy) is 1. The average Bonchev–Trinajstić information content (AvgIpc) is 2.26. The summed E-state index contributed by atoms with van der Waals surface area (Å²) in [4.78, 5) is 11.0. The molecule has 1 saturated carbocycles. The van der Waals surface area contributed by atoms with Gasteiger partial charge in [-0.25, -0.2) is 0 Å². The van der Waals surface area contributed by atoms with Crippen LogP contribution >= 0.6 is 0 Å². The number of hydrogen-bond donors (Lipinski definition) is 2. The van der Waals surface area contributed by atoms with Gasteiger partial charge in [-0.15, -0.1) is 0 Å². The first kappa shape index (κ1) is 12.0. The van der Waals surface area contributed by atoms with Gasteiger partial charge in [0.1, 0.15) is 0 Å². The van der Waals surface area contributed by atoms with Crippen molar-refractivity contribution in [1.82, 2.24) is 5.32 Å². The summed E-state index contributed by atoms with van der Waals surface area (Å²) in [6.45, 7) is 1.81. The highest BCUT2D eigenvalue weighted by molar-refractivity contribution is 5.91. The van der Waals surface area contributed by atoms with Crippen LogP contribution in [0.4, 0.5) is 0 Å². The molecule has 0 saturated heterocycles. The number of methoxy groups -OCH3 is 1. The van der Waals surface area contributed by atoms with Crippen LogP contribution in [0.1, 0.15) is 32.6 Å². The van der Waals surface area contributed by atoms with E-state index in [1.165, 1.54) is 0 Å². The van der Waals surface area contributed by atoms with Gasteiger partial charge in [-0.1, -0.05) is 6.08 Å². The number of hydrogen-bond acceptors (Lipinski definition) is 3. The number of carbonyl (C=O) groups excluding carboxylic acids is 1. The Morgan fingerprint density at radius 3 is 2.40 bits per heavy atom. The summed E-state index contributed by atoms with van der Waals surface area (Å²) in [6, 6.07) is 0.357. The Labute approximate surface area is 90.9 Å². The highest BCUT2D eigenvalue weighted by Gasteiger charge is 2.21. The average molecular weight is 212 g/mol. The minimum absolute atomic E-state index is 0.357. The number of nitrogens with one attached hydrogen (secondary N) is 1. The van der Waals surface area contributed by atoms with Crippen molar-refractivity contribution in [1.29, 1.82) is 0 Å². The van der Waals surface area contributed by atoms with Crippen molar-refractivity contribution >= 4 is 5.91 Å². The second-order valence-corrected chi connectivity index (χ2v) is 3.92. The van der Waals surface area contributed by atoms with Crippen LogP contribution in [-0.4, -0.2) is 25.2 Å². The quantitative estimate of drug-likeness (QED) is 0.681. The van der Waals surface area contributed by atoms with E-state index in [0.29, 0.717) is 17.8 Å². The van der Waals surface area contributed by atoms with Crippen LogP contribution in [0, 0.1) is 0 Å². The molecule has 0 aromatic rings. The summed E-state index contributed by atoms with van der Waals surface area (Å²) >= 11 is 0. The highest BCUT2D eigenvalue weighted by Crippen LogP contribution is 2.21. The molecular weight excluding hydrogens is 192 g/mol. The fourth-order valence-corrected chi connectivity index (χ4v) is 1.96. The largest absolute Gasteiger partial charge is 0.381 e. The van der Waals surface area contributed by atoms with E-state index >= 15 is 0 Å². The second-order valence-electron chi connectivity index (χ2n) is 3.92. The van der Waals surface area contributed by atoms with Gasteiger partial charge >= 0.3 is 0 Å². The molecule has 0 aromatic heterocycles. The van der Waals surface area contributed by atoms with E-state index in [1.807, 2.05) is 6.92 Å². The minimum Gasteiger partial charge on any atom is -0.381 e. The Hall–Kier alpha value is -1.03. The summed E-state index contributed by atoms with van der Waals surface area (Å²) < 4.78 is 5.28. The molecule has 4 heteroatoms.